The summed E-state index contributed by atoms with van der Waals surface area (Å²) in [4.78, 5) is 11.5. The molecule has 30 heavy (non-hydrogen) atoms. The van der Waals surface area contributed by atoms with Gasteiger partial charge in [0.2, 0.25) is 0 Å². The molecule has 0 aliphatic rings. The Morgan fingerprint density at radius 2 is 1.53 bits per heavy atom. The van der Waals surface area contributed by atoms with E-state index in [1.54, 1.807) is 18.2 Å². The molecule has 3 aromatic rings. The summed E-state index contributed by atoms with van der Waals surface area (Å²) in [5.74, 6) is 0.197. The molecule has 0 unspecified atom stereocenters. The van der Waals surface area contributed by atoms with E-state index in [1.807, 2.05) is 18.2 Å². The lowest BCUT2D eigenvalue weighted by Crippen LogP contribution is -2.16. The third kappa shape index (κ3) is 6.37. The summed E-state index contributed by atoms with van der Waals surface area (Å²) in [6, 6.07) is 20.8. The van der Waals surface area contributed by atoms with Gasteiger partial charge < -0.3 is 9.47 Å². The van der Waals surface area contributed by atoms with Gasteiger partial charge in [0.25, 0.3) is 0 Å². The Morgan fingerprint density at radius 3 is 2.20 bits per heavy atom. The Morgan fingerprint density at radius 1 is 0.833 bits per heavy atom. The topological polar surface area (TPSA) is 35.5 Å². The summed E-state index contributed by atoms with van der Waals surface area (Å²) < 4.78 is 46.4. The number of hydrogen-bond donors (Lipinski definition) is 0. The van der Waals surface area contributed by atoms with Gasteiger partial charge in [-0.3, -0.25) is 4.79 Å². The number of halogens is 3. The van der Waals surface area contributed by atoms with Crippen molar-refractivity contribution in [3.8, 4) is 22.6 Å². The summed E-state index contributed by atoms with van der Waals surface area (Å²) in [6.45, 7) is 0.497. The smallest absolute Gasteiger partial charge is 0.493 e. The molecule has 0 heterocycles. The minimum absolute atomic E-state index is 0.294. The normalized spacial score (nSPS) is 11.2. The number of alkyl halides is 3. The van der Waals surface area contributed by atoms with E-state index in [9.17, 15) is 18.0 Å². The molecule has 0 fully saturated rings. The molecule has 0 aliphatic heterocycles. The van der Waals surface area contributed by atoms with E-state index in [0.29, 0.717) is 35.3 Å². The Kier molecular flexibility index (Phi) is 7.12. The number of benzene rings is 3. The first kappa shape index (κ1) is 21.4. The molecule has 6 heteroatoms. The quantitative estimate of drug-likeness (QED) is 0.297. The minimum atomic E-state index is -4.73. The highest BCUT2D eigenvalue weighted by Gasteiger charge is 2.30. The molecule has 0 saturated heterocycles. The second-order valence-corrected chi connectivity index (χ2v) is 6.73. The van der Waals surface area contributed by atoms with E-state index < -0.39 is 6.36 Å². The molecular formula is C24H21F3O3. The van der Waals surface area contributed by atoms with Crippen LogP contribution in [0, 0.1) is 0 Å². The lowest BCUT2D eigenvalue weighted by Gasteiger charge is -2.12. The number of aldehydes is 1. The fourth-order valence-corrected chi connectivity index (χ4v) is 3.06. The number of carbonyl (C=O) groups excluding carboxylic acids is 1. The van der Waals surface area contributed by atoms with E-state index in [1.165, 1.54) is 29.8 Å². The SMILES string of the molecule is O=Cc1cc(-c2ccc(OC(F)(F)F)cc2)ccc1OCCCCc1ccccc1. The average Bonchev–Trinajstić information content (AvgIpc) is 2.74. The summed E-state index contributed by atoms with van der Waals surface area (Å²) in [5, 5.41) is 0. The zero-order valence-electron chi connectivity index (χ0n) is 16.2. The monoisotopic (exact) mass is 414 g/mol. The Labute approximate surface area is 173 Å². The minimum Gasteiger partial charge on any atom is -0.493 e. The number of carbonyl (C=O) groups is 1. The Bertz CT molecular complexity index is 952. The van der Waals surface area contributed by atoms with Crippen molar-refractivity contribution in [1.82, 2.24) is 0 Å². The maximum atomic E-state index is 12.3. The number of unbranched alkanes of at least 4 members (excludes halogenated alkanes) is 1. The molecule has 3 rings (SSSR count). The van der Waals surface area contributed by atoms with Crippen molar-refractivity contribution in [1.29, 1.82) is 0 Å². The number of rotatable bonds is 9. The first-order valence-electron chi connectivity index (χ1n) is 9.57. The average molecular weight is 414 g/mol. The van der Waals surface area contributed by atoms with Gasteiger partial charge in [0.05, 0.1) is 12.2 Å². The molecule has 0 amide bonds. The van der Waals surface area contributed by atoms with Crippen LogP contribution in [0.25, 0.3) is 11.1 Å². The molecule has 156 valence electrons. The van der Waals surface area contributed by atoms with Crippen LogP contribution in [0.4, 0.5) is 13.2 Å². The first-order chi connectivity index (χ1) is 14.4. The molecule has 0 spiro atoms. The van der Waals surface area contributed by atoms with Crippen molar-refractivity contribution in [3.05, 3.63) is 83.9 Å². The summed E-state index contributed by atoms with van der Waals surface area (Å²) in [6.07, 6.45) is -1.21. The first-order valence-corrected chi connectivity index (χ1v) is 9.57. The number of aryl methyl sites for hydroxylation is 1. The fourth-order valence-electron chi connectivity index (χ4n) is 3.06. The van der Waals surface area contributed by atoms with E-state index in [4.69, 9.17) is 4.74 Å². The van der Waals surface area contributed by atoms with E-state index >= 15 is 0 Å². The second-order valence-electron chi connectivity index (χ2n) is 6.73. The highest BCUT2D eigenvalue weighted by Crippen LogP contribution is 2.29. The van der Waals surface area contributed by atoms with Gasteiger partial charge in [0.1, 0.15) is 11.5 Å². The van der Waals surface area contributed by atoms with Crippen molar-refractivity contribution >= 4 is 6.29 Å². The van der Waals surface area contributed by atoms with Gasteiger partial charge in [0, 0.05) is 0 Å². The van der Waals surface area contributed by atoms with Crippen LogP contribution in [0.3, 0.4) is 0 Å². The molecule has 3 nitrogen and oxygen atoms in total. The van der Waals surface area contributed by atoms with Gasteiger partial charge in [-0.05, 0) is 60.2 Å². The summed E-state index contributed by atoms with van der Waals surface area (Å²) >= 11 is 0. The van der Waals surface area contributed by atoms with Gasteiger partial charge in [-0.2, -0.15) is 0 Å². The van der Waals surface area contributed by atoms with Gasteiger partial charge in [0.15, 0.2) is 6.29 Å². The van der Waals surface area contributed by atoms with Crippen molar-refractivity contribution < 1.29 is 27.4 Å². The fraction of sp³-hybridized carbons (Fsp3) is 0.208. The molecule has 0 N–H and O–H groups in total. The number of hydrogen-bond acceptors (Lipinski definition) is 3. The molecule has 0 radical (unpaired) electrons. The van der Waals surface area contributed by atoms with Crippen LogP contribution in [-0.4, -0.2) is 19.3 Å². The van der Waals surface area contributed by atoms with Crippen molar-refractivity contribution in [2.75, 3.05) is 6.61 Å². The van der Waals surface area contributed by atoms with Crippen LogP contribution in [0.2, 0.25) is 0 Å². The molecule has 0 bridgehead atoms. The lowest BCUT2D eigenvalue weighted by atomic mass is 10.0. The van der Waals surface area contributed by atoms with E-state index in [-0.39, 0.29) is 5.75 Å². The van der Waals surface area contributed by atoms with Crippen molar-refractivity contribution in [2.45, 2.75) is 25.6 Å². The number of ether oxygens (including phenoxy) is 2. The predicted molar refractivity (Wildman–Crippen MR) is 109 cm³/mol. The summed E-state index contributed by atoms with van der Waals surface area (Å²) in [7, 11) is 0. The molecule has 3 aromatic carbocycles. The Hall–Kier alpha value is -3.28. The van der Waals surface area contributed by atoms with Gasteiger partial charge >= 0.3 is 6.36 Å². The molecule has 0 aliphatic carbocycles. The third-order valence-corrected chi connectivity index (χ3v) is 4.52. The van der Waals surface area contributed by atoms with E-state index in [0.717, 1.165) is 19.3 Å². The van der Waals surface area contributed by atoms with Crippen LogP contribution in [0.5, 0.6) is 11.5 Å². The maximum absolute atomic E-state index is 12.3. The van der Waals surface area contributed by atoms with Crippen LogP contribution in [0.1, 0.15) is 28.8 Å². The highest BCUT2D eigenvalue weighted by atomic mass is 19.4. The third-order valence-electron chi connectivity index (χ3n) is 4.52. The zero-order chi connectivity index (χ0) is 21.4. The van der Waals surface area contributed by atoms with E-state index in [2.05, 4.69) is 16.9 Å². The molecule has 0 aromatic heterocycles. The van der Waals surface area contributed by atoms with Gasteiger partial charge in [-0.25, -0.2) is 0 Å². The second kappa shape index (κ2) is 9.96. The van der Waals surface area contributed by atoms with Crippen LogP contribution < -0.4 is 9.47 Å². The van der Waals surface area contributed by atoms with Crippen LogP contribution >= 0.6 is 0 Å². The lowest BCUT2D eigenvalue weighted by molar-refractivity contribution is -0.274. The molecule has 0 saturated carbocycles. The highest BCUT2D eigenvalue weighted by molar-refractivity contribution is 5.83. The Balaban J connectivity index is 1.57. The maximum Gasteiger partial charge on any atom is 0.573 e. The standard InChI is InChI=1S/C24H21F3O3/c25-24(26,27)30-22-12-9-19(10-13-22)20-11-14-23(21(16-20)17-28)29-15-5-4-8-18-6-2-1-3-7-18/h1-3,6-7,9-14,16-17H,4-5,8,15H2. The van der Waals surface area contributed by atoms with Gasteiger partial charge in [-0.1, -0.05) is 48.5 Å². The van der Waals surface area contributed by atoms with Crippen molar-refractivity contribution in [3.63, 3.8) is 0 Å². The largest absolute Gasteiger partial charge is 0.573 e. The molecule has 0 atom stereocenters. The van der Waals surface area contributed by atoms with Crippen LogP contribution in [0.15, 0.2) is 72.8 Å². The predicted octanol–water partition coefficient (Wildman–Crippen LogP) is 6.47. The van der Waals surface area contributed by atoms with Gasteiger partial charge in [-0.15, -0.1) is 13.2 Å². The zero-order valence-corrected chi connectivity index (χ0v) is 16.2. The summed E-state index contributed by atoms with van der Waals surface area (Å²) in [5.41, 5.74) is 3.04. The molecular weight excluding hydrogens is 393 g/mol. The van der Waals surface area contributed by atoms with Crippen LogP contribution in [-0.2, 0) is 6.42 Å². The van der Waals surface area contributed by atoms with Crippen molar-refractivity contribution in [2.24, 2.45) is 0 Å².